The molecule has 0 fully saturated rings. The molecule has 0 unspecified atom stereocenters. The number of hydrogen-bond acceptors (Lipinski definition) is 1. The molecule has 0 saturated carbocycles. The van der Waals surface area contributed by atoms with Crippen LogP contribution in [-0.2, 0) is 0 Å². The van der Waals surface area contributed by atoms with Gasteiger partial charge in [-0.2, -0.15) is 0 Å². The maximum Gasteiger partial charge on any atom is 0.0436 e. The summed E-state index contributed by atoms with van der Waals surface area (Å²) in [6, 6.07) is 2.01. The van der Waals surface area contributed by atoms with Gasteiger partial charge in [-0.25, -0.2) is 0 Å². The van der Waals surface area contributed by atoms with Crippen molar-refractivity contribution < 1.29 is 0 Å². The first-order chi connectivity index (χ1) is 6.27. The highest BCUT2D eigenvalue weighted by Crippen LogP contribution is 2.13. The van der Waals surface area contributed by atoms with E-state index >= 15 is 0 Å². The van der Waals surface area contributed by atoms with Crippen molar-refractivity contribution in [2.75, 3.05) is 5.88 Å². The zero-order chi connectivity index (χ0) is 9.68. The number of pyridine rings is 1. The number of aryl methyl sites for hydroxylation is 1. The van der Waals surface area contributed by atoms with Crippen LogP contribution in [0.4, 0.5) is 0 Å². The van der Waals surface area contributed by atoms with Crippen LogP contribution in [0.3, 0.4) is 0 Å². The molecule has 0 aliphatic carbocycles. The highest BCUT2D eigenvalue weighted by molar-refractivity contribution is 6.19. The molecule has 0 aliphatic rings. The lowest BCUT2D eigenvalue weighted by molar-refractivity contribution is 1.11. The van der Waals surface area contributed by atoms with Crippen LogP contribution in [-0.4, -0.2) is 10.9 Å². The molecule has 13 heavy (non-hydrogen) atoms. The Bertz CT molecular complexity index is 299. The van der Waals surface area contributed by atoms with E-state index in [4.69, 9.17) is 11.6 Å². The van der Waals surface area contributed by atoms with E-state index in [-0.39, 0.29) is 0 Å². The lowest BCUT2D eigenvalue weighted by atomic mass is 10.1. The van der Waals surface area contributed by atoms with Crippen molar-refractivity contribution in [1.29, 1.82) is 0 Å². The van der Waals surface area contributed by atoms with Crippen LogP contribution in [0.5, 0.6) is 0 Å². The molecule has 0 aromatic carbocycles. The van der Waals surface area contributed by atoms with Crippen LogP contribution in [0.2, 0.25) is 0 Å². The average Bonchev–Trinajstić information content (AvgIpc) is 2.17. The zero-order valence-corrected chi connectivity index (χ0v) is 8.80. The second kappa shape index (κ2) is 5.03. The van der Waals surface area contributed by atoms with Gasteiger partial charge in [0.1, 0.15) is 0 Å². The minimum Gasteiger partial charge on any atom is -0.264 e. The van der Waals surface area contributed by atoms with Crippen molar-refractivity contribution >= 4 is 17.7 Å². The number of aromatic nitrogens is 1. The average molecular weight is 196 g/mol. The van der Waals surface area contributed by atoms with Crippen LogP contribution in [0.25, 0.3) is 6.08 Å². The number of alkyl halides is 1. The smallest absolute Gasteiger partial charge is 0.0436 e. The molecule has 1 heterocycles. The lowest BCUT2D eigenvalue weighted by Crippen LogP contribution is -1.86. The first-order valence-electron chi connectivity index (χ1n) is 4.44. The molecule has 0 spiro atoms. The van der Waals surface area contributed by atoms with Crippen molar-refractivity contribution in [3.8, 4) is 0 Å². The fourth-order valence-electron chi connectivity index (χ4n) is 1.08. The lowest BCUT2D eigenvalue weighted by Gasteiger charge is -2.01. The molecule has 0 atom stereocenters. The Kier molecular flexibility index (Phi) is 3.97. The fourth-order valence-corrected chi connectivity index (χ4v) is 1.35. The van der Waals surface area contributed by atoms with Crippen LogP contribution >= 0.6 is 11.6 Å². The topological polar surface area (TPSA) is 12.9 Å². The molecule has 0 N–H and O–H groups in total. The van der Waals surface area contributed by atoms with E-state index in [1.54, 1.807) is 6.20 Å². The minimum atomic E-state index is 0.602. The Morgan fingerprint density at radius 3 is 2.92 bits per heavy atom. The first-order valence-corrected chi connectivity index (χ1v) is 4.97. The van der Waals surface area contributed by atoms with Crippen LogP contribution in [0, 0.1) is 6.92 Å². The van der Waals surface area contributed by atoms with Gasteiger partial charge < -0.3 is 0 Å². The molecule has 1 aromatic heterocycles. The monoisotopic (exact) mass is 195 g/mol. The summed E-state index contributed by atoms with van der Waals surface area (Å²) in [5, 5.41) is 0. The summed E-state index contributed by atoms with van der Waals surface area (Å²) < 4.78 is 0. The maximum absolute atomic E-state index is 5.78. The third kappa shape index (κ3) is 2.85. The quantitative estimate of drug-likeness (QED) is 0.674. The largest absolute Gasteiger partial charge is 0.264 e. The van der Waals surface area contributed by atoms with Gasteiger partial charge in [0.25, 0.3) is 0 Å². The van der Waals surface area contributed by atoms with Gasteiger partial charge >= 0.3 is 0 Å². The summed E-state index contributed by atoms with van der Waals surface area (Å²) in [5.74, 6) is 0.602. The Morgan fingerprint density at radius 2 is 2.38 bits per heavy atom. The molecule has 0 aliphatic heterocycles. The van der Waals surface area contributed by atoms with Gasteiger partial charge in [0, 0.05) is 18.3 Å². The summed E-state index contributed by atoms with van der Waals surface area (Å²) in [4.78, 5) is 4.08. The third-order valence-corrected chi connectivity index (χ3v) is 2.41. The molecule has 0 saturated heterocycles. The van der Waals surface area contributed by atoms with Gasteiger partial charge in [0.2, 0.25) is 0 Å². The summed E-state index contributed by atoms with van der Waals surface area (Å²) in [5.41, 5.74) is 3.66. The van der Waals surface area contributed by atoms with Crippen LogP contribution in [0.1, 0.15) is 24.5 Å². The first kappa shape index (κ1) is 10.3. The van der Waals surface area contributed by atoms with Gasteiger partial charge in [-0.15, -0.1) is 11.6 Å². The fraction of sp³-hybridized carbons (Fsp3) is 0.364. The summed E-state index contributed by atoms with van der Waals surface area (Å²) >= 11 is 5.78. The van der Waals surface area contributed by atoms with Gasteiger partial charge in [-0.3, -0.25) is 4.98 Å². The molecular weight excluding hydrogens is 182 g/mol. The predicted molar refractivity (Wildman–Crippen MR) is 58.0 cm³/mol. The van der Waals surface area contributed by atoms with Crippen LogP contribution < -0.4 is 0 Å². The van der Waals surface area contributed by atoms with E-state index in [0.717, 1.165) is 6.42 Å². The van der Waals surface area contributed by atoms with Crippen molar-refractivity contribution in [2.45, 2.75) is 20.3 Å². The molecule has 0 radical (unpaired) electrons. The molecule has 0 bridgehead atoms. The van der Waals surface area contributed by atoms with Crippen molar-refractivity contribution in [3.05, 3.63) is 35.2 Å². The van der Waals surface area contributed by atoms with Crippen molar-refractivity contribution in [1.82, 2.24) is 4.98 Å². The van der Waals surface area contributed by atoms with Crippen molar-refractivity contribution in [3.63, 3.8) is 0 Å². The normalized spacial score (nSPS) is 11.8. The maximum atomic E-state index is 5.78. The standard InChI is InChI=1S/C11H14ClN/c1-3-10(7-12)6-11-8-13-5-4-9(11)2/h4-6,8H,3,7H2,1-2H3/b10-6-. The molecule has 1 rings (SSSR count). The Morgan fingerprint density at radius 1 is 1.62 bits per heavy atom. The molecule has 1 aromatic rings. The number of halogens is 1. The number of hydrogen-bond donors (Lipinski definition) is 0. The summed E-state index contributed by atoms with van der Waals surface area (Å²) in [7, 11) is 0. The van der Waals surface area contributed by atoms with Crippen LogP contribution in [0.15, 0.2) is 24.0 Å². The number of allylic oxidation sites excluding steroid dienone is 1. The molecule has 0 amide bonds. The summed E-state index contributed by atoms with van der Waals surface area (Å²) in [6.07, 6.45) is 6.80. The third-order valence-electron chi connectivity index (χ3n) is 2.06. The van der Waals surface area contributed by atoms with E-state index in [1.807, 2.05) is 12.3 Å². The SMILES string of the molecule is CC/C(=C/c1cnccc1C)CCl. The molecule has 2 heteroatoms. The van der Waals surface area contributed by atoms with Crippen molar-refractivity contribution in [2.24, 2.45) is 0 Å². The van der Waals surface area contributed by atoms with Gasteiger partial charge in [-0.1, -0.05) is 18.6 Å². The Balaban J connectivity index is 2.95. The predicted octanol–water partition coefficient (Wildman–Crippen LogP) is 3.42. The zero-order valence-electron chi connectivity index (χ0n) is 8.05. The van der Waals surface area contributed by atoms with E-state index in [1.165, 1.54) is 16.7 Å². The van der Waals surface area contributed by atoms with E-state index in [9.17, 15) is 0 Å². The highest BCUT2D eigenvalue weighted by Gasteiger charge is 1.96. The van der Waals surface area contributed by atoms with E-state index in [2.05, 4.69) is 24.9 Å². The minimum absolute atomic E-state index is 0.602. The highest BCUT2D eigenvalue weighted by atomic mass is 35.5. The second-order valence-corrected chi connectivity index (χ2v) is 3.29. The van der Waals surface area contributed by atoms with Gasteiger partial charge in [0.05, 0.1) is 0 Å². The number of nitrogens with zero attached hydrogens (tertiary/aromatic N) is 1. The Hall–Kier alpha value is -0.820. The van der Waals surface area contributed by atoms with Gasteiger partial charge in [0.15, 0.2) is 0 Å². The number of rotatable bonds is 3. The molecule has 1 nitrogen and oxygen atoms in total. The Labute approximate surface area is 84.5 Å². The second-order valence-electron chi connectivity index (χ2n) is 3.02. The van der Waals surface area contributed by atoms with Gasteiger partial charge in [-0.05, 0) is 30.5 Å². The molecule has 70 valence electrons. The van der Waals surface area contributed by atoms with E-state index in [0.29, 0.717) is 5.88 Å². The van der Waals surface area contributed by atoms with E-state index < -0.39 is 0 Å². The summed E-state index contributed by atoms with van der Waals surface area (Å²) in [6.45, 7) is 4.19. The molecular formula is C11H14ClN.